The summed E-state index contributed by atoms with van der Waals surface area (Å²) in [7, 11) is -0.531. The van der Waals surface area contributed by atoms with Crippen LogP contribution in [0.5, 0.6) is 0 Å². The molecular formula is C7H9BN2O4. The van der Waals surface area contributed by atoms with Crippen molar-refractivity contribution in [3.05, 3.63) is 18.0 Å². The highest BCUT2D eigenvalue weighted by Gasteiger charge is 2.18. The van der Waals surface area contributed by atoms with Gasteiger partial charge in [-0.3, -0.25) is 0 Å². The van der Waals surface area contributed by atoms with Gasteiger partial charge in [0.15, 0.2) is 0 Å². The Balaban J connectivity index is 3.13. The number of hydrogen-bond acceptors (Lipinski definition) is 6. The lowest BCUT2D eigenvalue weighted by Crippen LogP contribution is -2.33. The Hall–Kier alpha value is -1.60. The number of ether oxygens (including phenoxy) is 1. The quantitative estimate of drug-likeness (QED) is 0.378. The molecule has 0 radical (unpaired) electrons. The first-order valence-electron chi connectivity index (χ1n) is 3.76. The lowest BCUT2D eigenvalue weighted by atomic mass is 9.79. The van der Waals surface area contributed by atoms with E-state index >= 15 is 0 Å². The Morgan fingerprint density at radius 3 is 2.79 bits per heavy atom. The fourth-order valence-corrected chi connectivity index (χ4v) is 0.921. The average Bonchev–Trinajstić information content (AvgIpc) is 2.17. The number of nitrogen functional groups attached to an aromatic ring is 1. The third-order valence-corrected chi connectivity index (χ3v) is 1.64. The number of methoxy groups -OCH3 is 1. The summed E-state index contributed by atoms with van der Waals surface area (Å²) in [4.78, 5) is 14.7. The Kier molecular flexibility index (Phi) is 3.05. The molecule has 4 N–H and O–H groups in total. The summed E-state index contributed by atoms with van der Waals surface area (Å²) in [5.41, 5.74) is 5.51. The maximum atomic E-state index is 11.0. The first kappa shape index (κ1) is 10.5. The summed E-state index contributed by atoms with van der Waals surface area (Å²) >= 11 is 0. The van der Waals surface area contributed by atoms with Crippen LogP contribution in [0.4, 0.5) is 5.69 Å². The van der Waals surface area contributed by atoms with Crippen LogP contribution in [0.25, 0.3) is 0 Å². The molecule has 1 heterocycles. The summed E-state index contributed by atoms with van der Waals surface area (Å²) in [6.45, 7) is 0. The zero-order chi connectivity index (χ0) is 10.7. The van der Waals surface area contributed by atoms with Crippen LogP contribution < -0.4 is 11.2 Å². The largest absolute Gasteiger partial charge is 0.490 e. The first-order valence-corrected chi connectivity index (χ1v) is 3.76. The second kappa shape index (κ2) is 4.08. The van der Waals surface area contributed by atoms with E-state index in [-0.39, 0.29) is 16.8 Å². The molecule has 1 aromatic heterocycles. The normalized spacial score (nSPS) is 9.64. The average molecular weight is 196 g/mol. The van der Waals surface area contributed by atoms with Crippen molar-refractivity contribution in [1.29, 1.82) is 0 Å². The first-order chi connectivity index (χ1) is 6.56. The van der Waals surface area contributed by atoms with E-state index in [0.717, 1.165) is 0 Å². The third kappa shape index (κ3) is 2.01. The summed E-state index contributed by atoms with van der Waals surface area (Å²) in [5.74, 6) is -0.660. The number of pyridine rings is 1. The Morgan fingerprint density at radius 2 is 2.29 bits per heavy atom. The number of anilines is 1. The van der Waals surface area contributed by atoms with Gasteiger partial charge in [0.05, 0.1) is 13.3 Å². The number of nitrogens with two attached hydrogens (primary N) is 1. The molecule has 0 fully saturated rings. The maximum absolute atomic E-state index is 11.0. The van der Waals surface area contributed by atoms with Gasteiger partial charge in [-0.1, -0.05) is 0 Å². The minimum Gasteiger partial charge on any atom is -0.464 e. The van der Waals surface area contributed by atoms with Crippen molar-refractivity contribution in [2.45, 2.75) is 0 Å². The molecule has 1 aromatic rings. The zero-order valence-electron chi connectivity index (χ0n) is 7.47. The Morgan fingerprint density at radius 1 is 1.64 bits per heavy atom. The van der Waals surface area contributed by atoms with Gasteiger partial charge in [0, 0.05) is 11.2 Å². The molecule has 74 valence electrons. The lowest BCUT2D eigenvalue weighted by Gasteiger charge is -2.05. The van der Waals surface area contributed by atoms with Gasteiger partial charge in [-0.15, -0.1) is 0 Å². The molecule has 0 aliphatic heterocycles. The van der Waals surface area contributed by atoms with Crippen LogP contribution in [0.3, 0.4) is 0 Å². The van der Waals surface area contributed by atoms with E-state index in [9.17, 15) is 4.79 Å². The number of aromatic nitrogens is 1. The molecule has 0 aliphatic rings. The van der Waals surface area contributed by atoms with E-state index in [4.69, 9.17) is 15.8 Å². The number of carbonyl (C=O) groups excluding carboxylic acids is 1. The molecule has 14 heavy (non-hydrogen) atoms. The van der Waals surface area contributed by atoms with E-state index in [1.54, 1.807) is 0 Å². The fourth-order valence-electron chi connectivity index (χ4n) is 0.921. The smallest absolute Gasteiger partial charge is 0.464 e. The second-order valence-electron chi connectivity index (χ2n) is 2.56. The monoisotopic (exact) mass is 196 g/mol. The molecule has 1 rings (SSSR count). The van der Waals surface area contributed by atoms with Gasteiger partial charge in [0.1, 0.15) is 5.69 Å². The highest BCUT2D eigenvalue weighted by Crippen LogP contribution is 2.01. The molecule has 7 heteroatoms. The molecule has 6 nitrogen and oxygen atoms in total. The van der Waals surface area contributed by atoms with E-state index in [2.05, 4.69) is 9.72 Å². The molecule has 0 unspecified atom stereocenters. The van der Waals surface area contributed by atoms with Crippen LogP contribution in [0.2, 0.25) is 0 Å². The summed E-state index contributed by atoms with van der Waals surface area (Å²) in [6, 6.07) is 1.17. The predicted octanol–water partition coefficient (Wildman–Crippen LogP) is -1.87. The van der Waals surface area contributed by atoms with Crippen molar-refractivity contribution >= 4 is 24.2 Å². The van der Waals surface area contributed by atoms with Crippen LogP contribution in [0.1, 0.15) is 10.5 Å². The van der Waals surface area contributed by atoms with Gasteiger partial charge >= 0.3 is 13.1 Å². The van der Waals surface area contributed by atoms with Gasteiger partial charge in [-0.25, -0.2) is 9.78 Å². The lowest BCUT2D eigenvalue weighted by molar-refractivity contribution is 0.0594. The summed E-state index contributed by atoms with van der Waals surface area (Å²) in [6.07, 6.45) is 1.17. The molecular weight excluding hydrogens is 187 g/mol. The molecule has 0 saturated carbocycles. The SMILES string of the molecule is COC(=O)c1cc(B(O)O)c(N)cn1. The van der Waals surface area contributed by atoms with Gasteiger partial charge in [0.2, 0.25) is 0 Å². The highest BCUT2D eigenvalue weighted by molar-refractivity contribution is 6.60. The van der Waals surface area contributed by atoms with Gasteiger partial charge in [-0.05, 0) is 6.07 Å². The maximum Gasteiger partial charge on any atom is 0.490 e. The minimum absolute atomic E-state index is 0.0233. The molecule has 0 saturated heterocycles. The van der Waals surface area contributed by atoms with Crippen LogP contribution in [0, 0.1) is 0 Å². The number of carbonyl (C=O) groups is 1. The van der Waals surface area contributed by atoms with E-state index in [1.165, 1.54) is 19.4 Å². The number of nitrogens with zero attached hydrogens (tertiary/aromatic N) is 1. The Bertz CT molecular complexity index is 356. The van der Waals surface area contributed by atoms with Crippen molar-refractivity contribution < 1.29 is 19.6 Å². The predicted molar refractivity (Wildman–Crippen MR) is 49.8 cm³/mol. The number of esters is 1. The number of rotatable bonds is 2. The van der Waals surface area contributed by atoms with Gasteiger partial charge < -0.3 is 20.5 Å². The standard InChI is InChI=1S/C7H9BN2O4/c1-14-7(11)6-2-4(8(12)13)5(9)3-10-6/h2-3,12-13H,9H2,1H3. The van der Waals surface area contributed by atoms with Crippen LogP contribution in [-0.4, -0.2) is 35.2 Å². The fraction of sp³-hybridized carbons (Fsp3) is 0.143. The second-order valence-corrected chi connectivity index (χ2v) is 2.56. The van der Waals surface area contributed by atoms with Gasteiger partial charge in [-0.2, -0.15) is 0 Å². The summed E-state index contributed by atoms with van der Waals surface area (Å²) < 4.78 is 4.41. The van der Waals surface area contributed by atoms with Crippen LogP contribution >= 0.6 is 0 Å². The van der Waals surface area contributed by atoms with Crippen molar-refractivity contribution in [2.24, 2.45) is 0 Å². The zero-order valence-corrected chi connectivity index (χ0v) is 7.47. The van der Waals surface area contributed by atoms with Gasteiger partial charge in [0.25, 0.3) is 0 Å². The van der Waals surface area contributed by atoms with Crippen LogP contribution in [0.15, 0.2) is 12.3 Å². The molecule has 0 aromatic carbocycles. The number of hydrogen-bond donors (Lipinski definition) is 3. The molecule has 0 bridgehead atoms. The molecule has 0 aliphatic carbocycles. The molecule has 0 spiro atoms. The van der Waals surface area contributed by atoms with Crippen molar-refractivity contribution in [2.75, 3.05) is 12.8 Å². The topological polar surface area (TPSA) is 106 Å². The minimum atomic E-state index is -1.73. The molecule has 0 amide bonds. The van der Waals surface area contributed by atoms with E-state index in [0.29, 0.717) is 0 Å². The summed E-state index contributed by atoms with van der Waals surface area (Å²) in [5, 5.41) is 17.8. The van der Waals surface area contributed by atoms with E-state index < -0.39 is 13.1 Å². The van der Waals surface area contributed by atoms with Crippen molar-refractivity contribution in [3.8, 4) is 0 Å². The van der Waals surface area contributed by atoms with E-state index in [1.807, 2.05) is 0 Å². The van der Waals surface area contributed by atoms with Crippen LogP contribution in [-0.2, 0) is 4.74 Å². The third-order valence-electron chi connectivity index (χ3n) is 1.64. The van der Waals surface area contributed by atoms with Crippen molar-refractivity contribution in [3.63, 3.8) is 0 Å². The Labute approximate surface area is 80.5 Å². The molecule has 0 atom stereocenters. The highest BCUT2D eigenvalue weighted by atomic mass is 16.5. The van der Waals surface area contributed by atoms with Crippen molar-refractivity contribution in [1.82, 2.24) is 4.98 Å².